The molecule has 15 heteroatoms. The normalized spacial score (nSPS) is 12.7. The molecule has 0 saturated heterocycles. The molecule has 242 valence electrons. The molecule has 3 rings (SSSR count). The minimum absolute atomic E-state index is 0.0137. The number of nitrogens with two attached hydrogens (primary N) is 1. The number of nitrogens with zero attached hydrogens (tertiary/aromatic N) is 3. The summed E-state index contributed by atoms with van der Waals surface area (Å²) in [5.74, 6) is -3.97. The number of terminal acetylenes is 1. The predicted molar refractivity (Wildman–Crippen MR) is 164 cm³/mol. The lowest BCUT2D eigenvalue weighted by atomic mass is 9.83. The number of likely N-dealkylation sites (N-methyl/N-ethyl adjacent to an activating group) is 1. The molecule has 0 spiro atoms. The van der Waals surface area contributed by atoms with Crippen LogP contribution in [0.3, 0.4) is 0 Å². The zero-order valence-electron chi connectivity index (χ0n) is 25.1. The number of carbonyl (C=O) groups is 5. The van der Waals surface area contributed by atoms with E-state index in [-0.39, 0.29) is 30.2 Å². The molecule has 2 aromatic carbocycles. The SMILES string of the molecule is C#CCN(Cc1ccc2nc(OC)[nH]c(=O)c2c1)c1ccc(C(=O)N(C)[C@@](CCC(=O)O)(C(=O)O)C(=O)CC[C@H](N)C(=O)O)cc1. The van der Waals surface area contributed by atoms with E-state index in [1.54, 1.807) is 35.2 Å². The molecule has 0 aliphatic carbocycles. The van der Waals surface area contributed by atoms with Crippen molar-refractivity contribution in [2.24, 2.45) is 5.73 Å². The highest BCUT2D eigenvalue weighted by Gasteiger charge is 2.51. The third-order valence-electron chi connectivity index (χ3n) is 7.47. The van der Waals surface area contributed by atoms with Crippen LogP contribution in [0.4, 0.5) is 5.69 Å². The van der Waals surface area contributed by atoms with Gasteiger partial charge >= 0.3 is 17.9 Å². The summed E-state index contributed by atoms with van der Waals surface area (Å²) in [5.41, 5.74) is 4.21. The standard InChI is InChI=1S/C31H33N5O10/c1-4-15-36(17-18-5-11-23-21(16-18)26(40)34-30(33-23)46-3)20-8-6-19(7-9-20)27(41)35(2)31(29(44)45,14-13-25(38)39)24(37)12-10-22(32)28(42)43/h1,5-9,11,16,22H,10,12-15,17,32H2,2-3H3,(H,38,39)(H,42,43)(H,44,45)(H,33,34,40)/t22-,31+/m0/s1. The lowest BCUT2D eigenvalue weighted by molar-refractivity contribution is -0.156. The predicted octanol–water partition coefficient (Wildman–Crippen LogP) is 1.09. The average molecular weight is 636 g/mol. The number of methoxy groups -OCH3 is 1. The highest BCUT2D eigenvalue weighted by atomic mass is 16.5. The molecule has 0 saturated carbocycles. The Morgan fingerprint density at radius 1 is 1.09 bits per heavy atom. The number of aliphatic carboxylic acids is 3. The minimum atomic E-state index is -2.60. The van der Waals surface area contributed by atoms with Gasteiger partial charge in [0.25, 0.3) is 17.5 Å². The second-order valence-corrected chi connectivity index (χ2v) is 10.4. The topological polar surface area (TPSA) is 234 Å². The van der Waals surface area contributed by atoms with Gasteiger partial charge in [0, 0.05) is 37.7 Å². The molecule has 0 unspecified atom stereocenters. The first kappa shape index (κ1) is 34.7. The van der Waals surface area contributed by atoms with Crippen molar-refractivity contribution in [2.45, 2.75) is 43.8 Å². The number of amides is 1. The van der Waals surface area contributed by atoms with Crippen molar-refractivity contribution < 1.29 is 44.0 Å². The van der Waals surface area contributed by atoms with Crippen LogP contribution in [0.25, 0.3) is 10.9 Å². The maximum absolute atomic E-state index is 13.5. The van der Waals surface area contributed by atoms with E-state index in [1.807, 2.05) is 0 Å². The molecular weight excluding hydrogens is 602 g/mol. The maximum Gasteiger partial charge on any atom is 0.337 e. The number of hydrogen-bond acceptors (Lipinski definition) is 10. The van der Waals surface area contributed by atoms with E-state index in [4.69, 9.17) is 22.0 Å². The number of rotatable bonds is 16. The first-order valence-electron chi connectivity index (χ1n) is 13.9. The van der Waals surface area contributed by atoms with Crippen molar-refractivity contribution in [3.05, 3.63) is 63.9 Å². The van der Waals surface area contributed by atoms with Crippen LogP contribution < -0.4 is 20.9 Å². The molecule has 15 nitrogen and oxygen atoms in total. The summed E-state index contributed by atoms with van der Waals surface area (Å²) < 4.78 is 5.00. The van der Waals surface area contributed by atoms with Gasteiger partial charge in [-0.25, -0.2) is 4.79 Å². The molecule has 1 aromatic heterocycles. The number of ketones is 1. The van der Waals surface area contributed by atoms with E-state index in [0.717, 1.165) is 12.6 Å². The van der Waals surface area contributed by atoms with Gasteiger partial charge in [0.15, 0.2) is 11.3 Å². The number of anilines is 1. The number of carbonyl (C=O) groups excluding carboxylic acids is 2. The van der Waals surface area contributed by atoms with Crippen LogP contribution in [0.2, 0.25) is 0 Å². The van der Waals surface area contributed by atoms with E-state index >= 15 is 0 Å². The van der Waals surface area contributed by atoms with Gasteiger partial charge in [-0.3, -0.25) is 29.0 Å². The van der Waals surface area contributed by atoms with Gasteiger partial charge in [0.1, 0.15) is 6.04 Å². The van der Waals surface area contributed by atoms with Crippen LogP contribution in [0.1, 0.15) is 41.6 Å². The van der Waals surface area contributed by atoms with Crippen LogP contribution in [0.5, 0.6) is 6.01 Å². The van der Waals surface area contributed by atoms with Crippen LogP contribution >= 0.6 is 0 Å². The highest BCUT2D eigenvalue weighted by Crippen LogP contribution is 2.28. The molecule has 0 radical (unpaired) electrons. The van der Waals surface area contributed by atoms with Crippen molar-refractivity contribution in [3.63, 3.8) is 0 Å². The molecule has 0 aliphatic rings. The summed E-state index contributed by atoms with van der Waals surface area (Å²) in [4.78, 5) is 83.5. The molecule has 0 aliphatic heterocycles. The number of aromatic nitrogens is 2. The number of ether oxygens (including phenoxy) is 1. The second-order valence-electron chi connectivity index (χ2n) is 10.4. The number of aromatic amines is 1. The van der Waals surface area contributed by atoms with E-state index in [0.29, 0.717) is 21.5 Å². The van der Waals surface area contributed by atoms with Crippen molar-refractivity contribution in [1.29, 1.82) is 0 Å². The largest absolute Gasteiger partial charge is 0.481 e. The third-order valence-corrected chi connectivity index (χ3v) is 7.47. The Morgan fingerprint density at radius 3 is 2.33 bits per heavy atom. The number of benzene rings is 2. The molecule has 0 bridgehead atoms. The van der Waals surface area contributed by atoms with Crippen LogP contribution in [-0.4, -0.2) is 92.1 Å². The Hall–Kier alpha value is -5.75. The van der Waals surface area contributed by atoms with Gasteiger partial charge in [0.05, 0.1) is 24.6 Å². The zero-order chi connectivity index (χ0) is 34.2. The quantitative estimate of drug-likeness (QED) is 0.110. The number of carboxylic acid groups (broad SMARTS) is 3. The number of nitrogens with one attached hydrogen (secondary N) is 1. The molecule has 1 heterocycles. The van der Waals surface area contributed by atoms with E-state index in [9.17, 15) is 39.0 Å². The minimum Gasteiger partial charge on any atom is -0.481 e. The molecule has 6 N–H and O–H groups in total. The lowest BCUT2D eigenvalue weighted by Crippen LogP contribution is -2.61. The second kappa shape index (κ2) is 14.8. The van der Waals surface area contributed by atoms with Gasteiger partial charge in [-0.2, -0.15) is 4.98 Å². The fourth-order valence-corrected chi connectivity index (χ4v) is 4.88. The summed E-state index contributed by atoms with van der Waals surface area (Å²) in [7, 11) is 2.45. The van der Waals surface area contributed by atoms with Crippen molar-refractivity contribution >= 4 is 46.2 Å². The Balaban J connectivity index is 1.90. The molecule has 3 aromatic rings. The summed E-state index contributed by atoms with van der Waals surface area (Å²) in [6.07, 6.45) is 3.03. The number of fused-ring (bicyclic) bond motifs is 1. The van der Waals surface area contributed by atoms with Crippen molar-refractivity contribution in [1.82, 2.24) is 14.9 Å². The van der Waals surface area contributed by atoms with E-state index in [1.165, 1.54) is 19.2 Å². The fourth-order valence-electron chi connectivity index (χ4n) is 4.88. The number of H-pyrrole nitrogens is 1. The van der Waals surface area contributed by atoms with Crippen LogP contribution in [0, 0.1) is 12.3 Å². The summed E-state index contributed by atoms with van der Waals surface area (Å²) >= 11 is 0. The Labute approximate surface area is 262 Å². The van der Waals surface area contributed by atoms with Gasteiger partial charge in [0.2, 0.25) is 0 Å². The summed E-state index contributed by atoms with van der Waals surface area (Å²) in [6.45, 7) is 0.413. The van der Waals surface area contributed by atoms with E-state index < -0.39 is 66.9 Å². The Morgan fingerprint density at radius 2 is 1.76 bits per heavy atom. The van der Waals surface area contributed by atoms with Gasteiger partial charge < -0.3 is 35.6 Å². The summed E-state index contributed by atoms with van der Waals surface area (Å²) in [5, 5.41) is 28.8. The van der Waals surface area contributed by atoms with Gasteiger partial charge in [-0.1, -0.05) is 12.0 Å². The maximum atomic E-state index is 13.5. The Kier molecular flexibility index (Phi) is 11.2. The average Bonchev–Trinajstić information content (AvgIpc) is 3.03. The van der Waals surface area contributed by atoms with Crippen molar-refractivity contribution in [2.75, 3.05) is 25.6 Å². The molecule has 0 fully saturated rings. The number of hydrogen-bond donors (Lipinski definition) is 5. The monoisotopic (exact) mass is 635 g/mol. The van der Waals surface area contributed by atoms with Crippen LogP contribution in [-0.2, 0) is 25.7 Å². The lowest BCUT2D eigenvalue weighted by Gasteiger charge is -2.37. The van der Waals surface area contributed by atoms with Gasteiger partial charge in [-0.05, 0) is 54.8 Å². The van der Waals surface area contributed by atoms with E-state index in [2.05, 4.69) is 15.9 Å². The molecule has 46 heavy (non-hydrogen) atoms. The van der Waals surface area contributed by atoms with Crippen molar-refractivity contribution in [3.8, 4) is 18.4 Å². The third kappa shape index (κ3) is 7.66. The molecular formula is C31H33N5O10. The molecule has 2 atom stereocenters. The van der Waals surface area contributed by atoms with Gasteiger partial charge in [-0.15, -0.1) is 6.42 Å². The first-order valence-corrected chi connectivity index (χ1v) is 13.9. The number of Topliss-reactive ketones (excluding diaryl/α,β-unsaturated/α-hetero) is 1. The van der Waals surface area contributed by atoms with Crippen LogP contribution in [0.15, 0.2) is 47.3 Å². The fraction of sp³-hybridized carbons (Fsp3) is 0.323. The first-order chi connectivity index (χ1) is 21.7. The Bertz CT molecular complexity index is 1750. The molecule has 1 amide bonds. The number of carboxylic acids is 3. The smallest absolute Gasteiger partial charge is 0.337 e. The zero-order valence-corrected chi connectivity index (χ0v) is 25.1. The highest BCUT2D eigenvalue weighted by molar-refractivity contribution is 6.12. The summed E-state index contributed by atoms with van der Waals surface area (Å²) in [6, 6.07) is 9.63.